The Morgan fingerprint density at radius 1 is 1.46 bits per heavy atom. The molecule has 2 atom stereocenters. The van der Waals surface area contributed by atoms with E-state index >= 15 is 0 Å². The fraction of sp³-hybridized carbons (Fsp3) is 0.833. The van der Waals surface area contributed by atoms with Gasteiger partial charge in [-0.15, -0.1) is 0 Å². The highest BCUT2D eigenvalue weighted by Gasteiger charge is 2.20. The second-order valence-corrected chi connectivity index (χ2v) is 4.50. The molecule has 1 aliphatic rings. The number of ether oxygens (including phenoxy) is 1. The van der Waals surface area contributed by atoms with Crippen molar-refractivity contribution in [3.8, 4) is 0 Å². The second kappa shape index (κ2) is 4.80. The summed E-state index contributed by atoms with van der Waals surface area (Å²) in [4.78, 5) is 0. The Morgan fingerprint density at radius 3 is 2.62 bits per heavy atom. The molecule has 0 aromatic heterocycles. The van der Waals surface area contributed by atoms with Crippen LogP contribution in [0.4, 0.5) is 0 Å². The van der Waals surface area contributed by atoms with Gasteiger partial charge in [0, 0.05) is 6.61 Å². The number of rotatable bonds is 4. The maximum Gasteiger partial charge on any atom is 0.0581 e. The van der Waals surface area contributed by atoms with Crippen LogP contribution < -0.4 is 0 Å². The van der Waals surface area contributed by atoms with E-state index in [4.69, 9.17) is 4.74 Å². The van der Waals surface area contributed by atoms with Crippen molar-refractivity contribution in [3.05, 3.63) is 12.2 Å². The van der Waals surface area contributed by atoms with Crippen LogP contribution in [0.5, 0.6) is 0 Å². The highest BCUT2D eigenvalue weighted by atomic mass is 16.5. The molecule has 0 saturated carbocycles. The standard InChI is InChI=1S/C12H22O/c1-9(2)11(4)10(3)8-12-6-5-7-13-12/h9-10,12H,4-8H2,1-3H3. The minimum Gasteiger partial charge on any atom is -0.378 e. The van der Waals surface area contributed by atoms with Gasteiger partial charge in [-0.25, -0.2) is 0 Å². The first-order chi connectivity index (χ1) is 6.11. The largest absolute Gasteiger partial charge is 0.378 e. The Labute approximate surface area is 82.2 Å². The minimum atomic E-state index is 0.505. The van der Waals surface area contributed by atoms with E-state index in [9.17, 15) is 0 Å². The summed E-state index contributed by atoms with van der Waals surface area (Å²) in [5.74, 6) is 1.22. The van der Waals surface area contributed by atoms with Crippen molar-refractivity contribution in [2.45, 2.75) is 46.1 Å². The van der Waals surface area contributed by atoms with Crippen molar-refractivity contribution in [2.75, 3.05) is 6.61 Å². The highest BCUT2D eigenvalue weighted by molar-refractivity contribution is 5.02. The van der Waals surface area contributed by atoms with Crippen LogP contribution in [0.2, 0.25) is 0 Å². The molecule has 76 valence electrons. The lowest BCUT2D eigenvalue weighted by Gasteiger charge is -2.20. The molecule has 1 aliphatic heterocycles. The minimum absolute atomic E-state index is 0.505. The summed E-state index contributed by atoms with van der Waals surface area (Å²) >= 11 is 0. The van der Waals surface area contributed by atoms with Gasteiger partial charge in [0.1, 0.15) is 0 Å². The van der Waals surface area contributed by atoms with E-state index in [2.05, 4.69) is 27.4 Å². The molecule has 1 fully saturated rings. The average Bonchev–Trinajstić information content (AvgIpc) is 2.55. The van der Waals surface area contributed by atoms with Gasteiger partial charge in [0.2, 0.25) is 0 Å². The first kappa shape index (κ1) is 10.8. The fourth-order valence-electron chi connectivity index (χ4n) is 1.94. The van der Waals surface area contributed by atoms with E-state index in [1.165, 1.54) is 18.4 Å². The molecule has 1 saturated heterocycles. The Kier molecular flexibility index (Phi) is 3.98. The summed E-state index contributed by atoms with van der Waals surface area (Å²) in [5, 5.41) is 0. The molecule has 0 aliphatic carbocycles. The normalized spacial score (nSPS) is 25.1. The van der Waals surface area contributed by atoms with Crippen molar-refractivity contribution in [3.63, 3.8) is 0 Å². The van der Waals surface area contributed by atoms with Gasteiger partial charge < -0.3 is 4.74 Å². The van der Waals surface area contributed by atoms with Gasteiger partial charge in [0.05, 0.1) is 6.10 Å². The van der Waals surface area contributed by atoms with Crippen molar-refractivity contribution >= 4 is 0 Å². The summed E-state index contributed by atoms with van der Waals surface area (Å²) in [7, 11) is 0. The molecule has 2 unspecified atom stereocenters. The molecule has 0 spiro atoms. The van der Waals surface area contributed by atoms with E-state index in [0.717, 1.165) is 13.0 Å². The lowest BCUT2D eigenvalue weighted by Crippen LogP contribution is -2.14. The van der Waals surface area contributed by atoms with E-state index in [1.54, 1.807) is 0 Å². The first-order valence-corrected chi connectivity index (χ1v) is 5.41. The summed E-state index contributed by atoms with van der Waals surface area (Å²) in [6.07, 6.45) is 4.16. The molecule has 13 heavy (non-hydrogen) atoms. The Balaban J connectivity index is 2.31. The van der Waals surface area contributed by atoms with Gasteiger partial charge in [-0.05, 0) is 31.1 Å². The van der Waals surface area contributed by atoms with E-state index < -0.39 is 0 Å². The van der Waals surface area contributed by atoms with Gasteiger partial charge in [-0.1, -0.05) is 32.9 Å². The summed E-state index contributed by atoms with van der Waals surface area (Å²) in [6, 6.07) is 0. The molecule has 0 radical (unpaired) electrons. The molecule has 0 amide bonds. The predicted molar refractivity (Wildman–Crippen MR) is 56.7 cm³/mol. The SMILES string of the molecule is C=C(C(C)C)C(C)CC1CCCO1. The monoisotopic (exact) mass is 182 g/mol. The van der Waals surface area contributed by atoms with Crippen LogP contribution in [0.15, 0.2) is 12.2 Å². The summed E-state index contributed by atoms with van der Waals surface area (Å²) in [6.45, 7) is 11.8. The van der Waals surface area contributed by atoms with Gasteiger partial charge in [-0.3, -0.25) is 0 Å². The lowest BCUT2D eigenvalue weighted by atomic mass is 9.88. The summed E-state index contributed by atoms with van der Waals surface area (Å²) in [5.41, 5.74) is 1.37. The van der Waals surface area contributed by atoms with E-state index in [1.807, 2.05) is 0 Å². The Morgan fingerprint density at radius 2 is 2.15 bits per heavy atom. The van der Waals surface area contributed by atoms with Crippen LogP contribution in [-0.2, 0) is 4.74 Å². The molecule has 1 heteroatoms. The third kappa shape index (κ3) is 3.15. The van der Waals surface area contributed by atoms with Crippen LogP contribution in [0.3, 0.4) is 0 Å². The molecule has 0 bridgehead atoms. The smallest absolute Gasteiger partial charge is 0.0581 e. The summed E-state index contributed by atoms with van der Waals surface area (Å²) < 4.78 is 5.61. The van der Waals surface area contributed by atoms with Gasteiger partial charge in [0.25, 0.3) is 0 Å². The molecule has 1 nitrogen and oxygen atoms in total. The van der Waals surface area contributed by atoms with E-state index in [0.29, 0.717) is 17.9 Å². The molecule has 0 aromatic rings. The fourth-order valence-corrected chi connectivity index (χ4v) is 1.94. The van der Waals surface area contributed by atoms with E-state index in [-0.39, 0.29) is 0 Å². The number of hydrogen-bond acceptors (Lipinski definition) is 1. The number of allylic oxidation sites excluding steroid dienone is 1. The Hall–Kier alpha value is -0.300. The molecule has 1 heterocycles. The maximum atomic E-state index is 5.61. The highest BCUT2D eigenvalue weighted by Crippen LogP contribution is 2.26. The molecular formula is C12H22O. The molecular weight excluding hydrogens is 160 g/mol. The third-order valence-electron chi connectivity index (χ3n) is 3.01. The molecule has 0 N–H and O–H groups in total. The van der Waals surface area contributed by atoms with Crippen molar-refractivity contribution < 1.29 is 4.74 Å². The Bertz CT molecular complexity index is 166. The average molecular weight is 182 g/mol. The van der Waals surface area contributed by atoms with Crippen LogP contribution in [0.1, 0.15) is 40.0 Å². The van der Waals surface area contributed by atoms with Gasteiger partial charge >= 0.3 is 0 Å². The number of hydrogen-bond donors (Lipinski definition) is 0. The third-order valence-corrected chi connectivity index (χ3v) is 3.01. The zero-order chi connectivity index (χ0) is 9.84. The van der Waals surface area contributed by atoms with Gasteiger partial charge in [0.15, 0.2) is 0 Å². The molecule has 0 aromatic carbocycles. The van der Waals surface area contributed by atoms with Crippen molar-refractivity contribution in [1.82, 2.24) is 0 Å². The zero-order valence-corrected chi connectivity index (χ0v) is 9.18. The van der Waals surface area contributed by atoms with Crippen molar-refractivity contribution in [2.24, 2.45) is 11.8 Å². The predicted octanol–water partition coefficient (Wildman–Crippen LogP) is 3.40. The maximum absolute atomic E-state index is 5.61. The van der Waals surface area contributed by atoms with Crippen molar-refractivity contribution in [1.29, 1.82) is 0 Å². The first-order valence-electron chi connectivity index (χ1n) is 5.41. The zero-order valence-electron chi connectivity index (χ0n) is 9.18. The quantitative estimate of drug-likeness (QED) is 0.605. The topological polar surface area (TPSA) is 9.23 Å². The lowest BCUT2D eigenvalue weighted by molar-refractivity contribution is 0.0948. The van der Waals surface area contributed by atoms with Crippen LogP contribution >= 0.6 is 0 Å². The second-order valence-electron chi connectivity index (χ2n) is 4.50. The van der Waals surface area contributed by atoms with Gasteiger partial charge in [-0.2, -0.15) is 0 Å². The van der Waals surface area contributed by atoms with Crippen LogP contribution in [0.25, 0.3) is 0 Å². The molecule has 1 rings (SSSR count). The van der Waals surface area contributed by atoms with Crippen LogP contribution in [-0.4, -0.2) is 12.7 Å². The van der Waals surface area contributed by atoms with Crippen LogP contribution in [0, 0.1) is 11.8 Å².